The molecule has 1 aromatic carbocycles. The van der Waals surface area contributed by atoms with Gasteiger partial charge < -0.3 is 9.90 Å². The van der Waals surface area contributed by atoms with Crippen molar-refractivity contribution in [2.24, 2.45) is 0 Å². The maximum atomic E-state index is 15.2. The van der Waals surface area contributed by atoms with E-state index < -0.39 is 166 Å². The van der Waals surface area contributed by atoms with Gasteiger partial charge in [0, 0.05) is 0 Å². The van der Waals surface area contributed by atoms with Crippen molar-refractivity contribution in [3.8, 4) is 0 Å². The summed E-state index contributed by atoms with van der Waals surface area (Å²) in [6.07, 6.45) is -25.1. The molecular weight excluding hydrogens is 1260 g/mol. The summed E-state index contributed by atoms with van der Waals surface area (Å²) in [6, 6.07) is 8.06. The normalized spacial score (nSPS) is 17.1. The maximum Gasteiger partial charge on any atom is 0.0715 e. The molecule has 0 aliphatic rings. The van der Waals surface area contributed by atoms with Gasteiger partial charge in [-0.3, -0.25) is 0 Å². The van der Waals surface area contributed by atoms with Gasteiger partial charge in [0.15, 0.2) is 0 Å². The zero-order valence-corrected chi connectivity index (χ0v) is 36.5. The van der Waals surface area contributed by atoms with Gasteiger partial charge in [-0.1, -0.05) is 30.3 Å². The molecule has 73 heavy (non-hydrogen) atoms. The first-order valence-corrected chi connectivity index (χ1v) is 22.1. The quantitative estimate of drug-likeness (QED) is 0.102. The van der Waals surface area contributed by atoms with Crippen LogP contribution in [-0.2, 0) is 0 Å². The number of carbonyl (C=O) groups is 1. The van der Waals surface area contributed by atoms with Crippen LogP contribution in [0.3, 0.4) is 0 Å². The van der Waals surface area contributed by atoms with Gasteiger partial charge in [-0.15, -0.1) is 0 Å². The van der Waals surface area contributed by atoms with E-state index in [2.05, 4.69) is 0 Å². The Morgan fingerprint density at radius 1 is 0.315 bits per heavy atom. The first-order valence-electron chi connectivity index (χ1n) is 17.2. The van der Waals surface area contributed by atoms with Crippen molar-refractivity contribution < 1.29 is 181 Å². The van der Waals surface area contributed by atoms with Crippen LogP contribution in [0.4, 0.5) is 171 Å². The summed E-state index contributed by atoms with van der Waals surface area (Å²) in [5.41, 5.74) is 0.220. The number of hydrogen-bond acceptors (Lipinski definition) is 2. The van der Waals surface area contributed by atoms with Gasteiger partial charge in [0.25, 0.3) is 0 Å². The zero-order valence-electron chi connectivity index (χ0n) is 33.7. The number of rotatable bonds is 19. The maximum absolute atomic E-state index is 15.2. The Morgan fingerprint density at radius 3 is 0.616 bits per heavy atom. The molecule has 430 valence electrons. The average molecular weight is 1280 g/mol. The first kappa shape index (κ1) is 69.8. The second-order valence-corrected chi connectivity index (χ2v) is 24.8. The van der Waals surface area contributed by atoms with Crippen molar-refractivity contribution in [1.82, 2.24) is 0 Å². The number of benzene rings is 1. The van der Waals surface area contributed by atoms with E-state index in [-0.39, 0.29) is 5.56 Å². The molecule has 0 aromatic heterocycles. The molecule has 1 aromatic rings. The van der Waals surface area contributed by atoms with E-state index in [0.717, 1.165) is 0 Å². The minimum Gasteiger partial charge on any atom is -0.545 e. The van der Waals surface area contributed by atoms with E-state index >= 15 is 26.3 Å². The molecule has 0 N–H and O–H groups in total. The number of carboxylic acids is 1. The van der Waals surface area contributed by atoms with Gasteiger partial charge in [0.1, 0.15) is 0 Å². The van der Waals surface area contributed by atoms with E-state index in [1.165, 1.54) is 12.1 Å². The molecule has 0 amide bonds. The van der Waals surface area contributed by atoms with Crippen LogP contribution in [0.15, 0.2) is 30.3 Å². The van der Waals surface area contributed by atoms with Crippen molar-refractivity contribution in [1.29, 1.82) is 0 Å². The molecule has 0 bridgehead atoms. The zero-order chi connectivity index (χ0) is 60.0. The van der Waals surface area contributed by atoms with Gasteiger partial charge in [-0.05, 0) is 5.56 Å². The molecule has 0 spiro atoms. The van der Waals surface area contributed by atoms with Crippen LogP contribution in [-0.4, -0.2) is 133 Å². The molecule has 0 saturated heterocycles. The molecule has 0 radical (unpaired) electrons. The number of aromatic carboxylic acids is 1. The van der Waals surface area contributed by atoms with Crippen LogP contribution in [0, 0.1) is 0 Å². The van der Waals surface area contributed by atoms with Crippen LogP contribution in [0.25, 0.3) is 0 Å². The fourth-order valence-corrected chi connectivity index (χ4v) is 17.0. The topological polar surface area (TPSA) is 40.1 Å². The van der Waals surface area contributed by atoms with Gasteiger partial charge in [0.05, 0.1) is 5.97 Å². The van der Waals surface area contributed by atoms with Gasteiger partial charge in [-0.2, -0.15) is 0 Å². The van der Waals surface area contributed by atoms with Crippen LogP contribution in [0.1, 0.15) is 31.1 Å². The molecule has 0 heterocycles. The third-order valence-electron chi connectivity index (χ3n) is 10.0. The average Bonchev–Trinajstić information content (AvgIpc) is 3.18. The van der Waals surface area contributed by atoms with Crippen LogP contribution in [0.5, 0.6) is 0 Å². The molecule has 3 atom stereocenters. The fourth-order valence-electron chi connectivity index (χ4n) is 5.49. The monoisotopic (exact) mass is 1280 g/mol. The van der Waals surface area contributed by atoms with Crippen molar-refractivity contribution in [3.63, 3.8) is 0 Å². The Kier molecular flexibility index (Phi) is 18.5. The van der Waals surface area contributed by atoms with Crippen LogP contribution in [0.2, 0.25) is 11.8 Å². The Labute approximate surface area is 382 Å². The van der Waals surface area contributed by atoms with E-state index in [0.29, 0.717) is 0 Å². The SMILES string of the molecule is C[CH]([Sn+]([CH](C)C(F)(F)C(F)(F)C(F)(F)C(F)(F)C(F)(F)C(F)(F)F)[CH](C)C(F)(F)C(F)(F)C(F)(F)C(F)(F)C(F)(F)C(F)(F)F)C(F)(F)C(F)(F)C(F)(F)C(F)(F)C(F)(F)C(F)(F)F.O=C([O-])c1ccccc1. The van der Waals surface area contributed by atoms with Crippen molar-refractivity contribution >= 4 is 25.7 Å². The molecule has 42 heteroatoms. The van der Waals surface area contributed by atoms with Gasteiger partial charge in [-0.25, -0.2) is 0 Å². The fraction of sp³-hybridized carbons (Fsp3) is 0.774. The number of carbonyl (C=O) groups excluding carboxylic acids is 1. The molecule has 0 aliphatic heterocycles. The third-order valence-corrected chi connectivity index (χ3v) is 21.7. The second-order valence-electron chi connectivity index (χ2n) is 14.6. The van der Waals surface area contributed by atoms with Gasteiger partial charge in [0.2, 0.25) is 0 Å². The molecule has 0 fully saturated rings. The summed E-state index contributed by atoms with van der Waals surface area (Å²) < 4.78 is 520. The summed E-state index contributed by atoms with van der Waals surface area (Å²) in [4.78, 5) is 10.1. The minimum absolute atomic E-state index is 0.220. The van der Waals surface area contributed by atoms with E-state index in [1.807, 2.05) is 0 Å². The van der Waals surface area contributed by atoms with Crippen molar-refractivity contribution in [2.45, 2.75) is 140 Å². The van der Waals surface area contributed by atoms with E-state index in [9.17, 15) is 155 Å². The third kappa shape index (κ3) is 10.1. The molecule has 2 nitrogen and oxygen atoms in total. The summed E-state index contributed by atoms with van der Waals surface area (Å²) in [5.74, 6) is -136. The summed E-state index contributed by atoms with van der Waals surface area (Å²) in [5, 5.41) is 10.1. The predicted octanol–water partition coefficient (Wildman–Crippen LogP) is 14.9. The van der Waals surface area contributed by atoms with Crippen molar-refractivity contribution in [3.05, 3.63) is 35.9 Å². The van der Waals surface area contributed by atoms with E-state index in [1.54, 1.807) is 18.2 Å². The largest absolute Gasteiger partial charge is 0.545 e. The predicted molar refractivity (Wildman–Crippen MR) is 157 cm³/mol. The van der Waals surface area contributed by atoms with Crippen LogP contribution >= 0.6 is 0 Å². The number of carboxylic acid groups (broad SMARTS) is 1. The number of halogens is 39. The Balaban J connectivity index is 0.00000514. The molecule has 3 unspecified atom stereocenters. The Bertz CT molecular complexity index is 1860. The molecular formula is C31H17F39O2Sn. The van der Waals surface area contributed by atoms with Crippen LogP contribution < -0.4 is 5.11 Å². The summed E-state index contributed by atoms with van der Waals surface area (Å²) in [7, 11) is 0. The minimum atomic E-state index is -9.38. The molecule has 0 saturated carbocycles. The summed E-state index contributed by atoms with van der Waals surface area (Å²) >= 11 is -9.38. The second kappa shape index (κ2) is 19.3. The molecule has 1 rings (SSSR count). The van der Waals surface area contributed by atoms with E-state index in [4.69, 9.17) is 0 Å². The van der Waals surface area contributed by atoms with Crippen molar-refractivity contribution in [2.75, 3.05) is 0 Å². The summed E-state index contributed by atoms with van der Waals surface area (Å²) in [6.45, 7) is -5.32. The van der Waals surface area contributed by atoms with Gasteiger partial charge >= 0.3 is 331 Å². The Morgan fingerprint density at radius 2 is 0.479 bits per heavy atom. The first-order chi connectivity index (χ1) is 31.2. The Hall–Kier alpha value is -3.24. The standard InChI is InChI=1S/3C8H4F13.C7H6O2.Sn/c3*1-2-3(9,10)4(11,12)5(13,14)6(15,16)7(17,18)8(19,20)21;8-7(9)6-4-2-1-3-5-6;/h3*2H,1H3;1-5H,(H,8,9);/q;;;;+1/p-1. The molecule has 0 aliphatic carbocycles. The number of hydrogen-bond donors (Lipinski definition) is 0. The number of alkyl halides is 39. The smallest absolute Gasteiger partial charge is 0.0715 e.